The third-order valence-electron chi connectivity index (χ3n) is 4.45. The minimum Gasteiger partial charge on any atom is -0.399 e. The molecule has 1 fully saturated rings. The van der Waals surface area contributed by atoms with Crippen molar-refractivity contribution in [2.75, 3.05) is 18.8 Å². The predicted octanol–water partition coefficient (Wildman–Crippen LogP) is 3.88. The van der Waals surface area contributed by atoms with Gasteiger partial charge in [-0.15, -0.1) is 0 Å². The van der Waals surface area contributed by atoms with Crippen LogP contribution in [-0.4, -0.2) is 34.6 Å². The Morgan fingerprint density at radius 2 is 1.96 bits per heavy atom. The summed E-state index contributed by atoms with van der Waals surface area (Å²) in [4.78, 5) is 14.1. The number of nitrogen functional groups attached to an aromatic ring is 1. The highest BCUT2D eigenvalue weighted by molar-refractivity contribution is 6.32. The Morgan fingerprint density at radius 3 is 2.48 bits per heavy atom. The van der Waals surface area contributed by atoms with Gasteiger partial charge in [0.1, 0.15) is 5.60 Å². The van der Waals surface area contributed by atoms with Crippen molar-refractivity contribution in [3.8, 4) is 0 Å². The molecule has 0 radical (unpaired) electrons. The smallest absolute Gasteiger partial charge is 0.254 e. The molecule has 0 saturated carbocycles. The molecule has 1 aliphatic heterocycles. The predicted molar refractivity (Wildman–Crippen MR) is 103 cm³/mol. The van der Waals surface area contributed by atoms with E-state index in [0.717, 1.165) is 17.6 Å². The van der Waals surface area contributed by atoms with Crippen molar-refractivity contribution in [1.82, 2.24) is 4.90 Å². The molecular formula is C20H25ClN2O2. The van der Waals surface area contributed by atoms with Gasteiger partial charge >= 0.3 is 0 Å². The molecule has 0 aliphatic carbocycles. The number of anilines is 1. The number of nitrogens with two attached hydrogens (primary N) is 1. The molecule has 1 amide bonds. The molecule has 1 heterocycles. The van der Waals surface area contributed by atoms with Crippen LogP contribution in [0.4, 0.5) is 5.69 Å². The zero-order valence-corrected chi connectivity index (χ0v) is 15.7. The van der Waals surface area contributed by atoms with Crippen molar-refractivity contribution < 1.29 is 9.90 Å². The van der Waals surface area contributed by atoms with Gasteiger partial charge < -0.3 is 15.7 Å². The Balaban J connectivity index is 2.20. The van der Waals surface area contributed by atoms with Crippen LogP contribution >= 0.6 is 11.6 Å². The van der Waals surface area contributed by atoms with E-state index < -0.39 is 5.60 Å². The Kier molecular flexibility index (Phi) is 6.09. The van der Waals surface area contributed by atoms with Gasteiger partial charge in [-0.3, -0.25) is 4.79 Å². The number of hydrogen-bond donors (Lipinski definition) is 2. The highest BCUT2D eigenvalue weighted by atomic mass is 35.5. The number of hydrogen-bond acceptors (Lipinski definition) is 3. The third-order valence-corrected chi connectivity index (χ3v) is 4.76. The van der Waals surface area contributed by atoms with Crippen molar-refractivity contribution in [3.63, 3.8) is 0 Å². The first-order chi connectivity index (χ1) is 11.8. The molecule has 5 heteroatoms. The van der Waals surface area contributed by atoms with Gasteiger partial charge in [0.05, 0.1) is 13.1 Å². The summed E-state index contributed by atoms with van der Waals surface area (Å²) in [6.45, 7) is 6.34. The molecule has 1 saturated heterocycles. The number of carbonyl (C=O) groups excluding carboxylic acids is 1. The summed E-state index contributed by atoms with van der Waals surface area (Å²) >= 11 is 6.43. The lowest BCUT2D eigenvalue weighted by molar-refractivity contribution is -0.0524. The molecule has 0 aromatic heterocycles. The van der Waals surface area contributed by atoms with Crippen LogP contribution in [0, 0.1) is 0 Å². The first kappa shape index (κ1) is 19.3. The monoisotopic (exact) mass is 360 g/mol. The Bertz CT molecular complexity index is 727. The van der Waals surface area contributed by atoms with E-state index in [1.54, 1.807) is 35.2 Å². The molecule has 1 aromatic carbocycles. The average molecular weight is 361 g/mol. The molecule has 25 heavy (non-hydrogen) atoms. The second-order valence-corrected chi connectivity index (χ2v) is 6.77. The topological polar surface area (TPSA) is 66.6 Å². The Labute approximate surface area is 154 Å². The highest BCUT2D eigenvalue weighted by Gasteiger charge is 2.47. The minimum absolute atomic E-state index is 0.119. The van der Waals surface area contributed by atoms with E-state index in [0.29, 0.717) is 16.3 Å². The number of rotatable bonds is 5. The SMILES string of the molecule is C/C=C\C=C(\Cl)C(=C(C)CC)C1(O)CN(C(=O)c2ccc(N)cc2)C1. The van der Waals surface area contributed by atoms with Gasteiger partial charge in [-0.2, -0.15) is 0 Å². The first-order valence-corrected chi connectivity index (χ1v) is 8.76. The van der Waals surface area contributed by atoms with Crippen molar-refractivity contribution in [2.45, 2.75) is 32.8 Å². The number of β-amino-alcohol motifs (C(OH)–C–C–N with tert-alkyl or cyclic N) is 1. The largest absolute Gasteiger partial charge is 0.399 e. The van der Waals surface area contributed by atoms with Gasteiger partial charge in [0.25, 0.3) is 5.91 Å². The number of halogens is 1. The molecule has 1 aromatic rings. The fourth-order valence-electron chi connectivity index (χ4n) is 2.96. The lowest BCUT2D eigenvalue weighted by Crippen LogP contribution is -2.64. The Hall–Kier alpha value is -2.04. The van der Waals surface area contributed by atoms with E-state index in [-0.39, 0.29) is 19.0 Å². The van der Waals surface area contributed by atoms with Gasteiger partial charge in [0, 0.05) is 21.9 Å². The maximum Gasteiger partial charge on any atom is 0.254 e. The van der Waals surface area contributed by atoms with Crippen LogP contribution in [0.5, 0.6) is 0 Å². The van der Waals surface area contributed by atoms with Gasteiger partial charge in [0.2, 0.25) is 0 Å². The summed E-state index contributed by atoms with van der Waals surface area (Å²) in [5.41, 5.74) is 7.46. The molecule has 0 bridgehead atoms. The van der Waals surface area contributed by atoms with E-state index >= 15 is 0 Å². The number of amides is 1. The summed E-state index contributed by atoms with van der Waals surface area (Å²) in [5, 5.41) is 11.5. The van der Waals surface area contributed by atoms with Crippen LogP contribution in [0.25, 0.3) is 0 Å². The summed E-state index contributed by atoms with van der Waals surface area (Å²) in [6, 6.07) is 6.79. The molecule has 134 valence electrons. The highest BCUT2D eigenvalue weighted by Crippen LogP contribution is 2.38. The van der Waals surface area contributed by atoms with Crippen LogP contribution in [0.1, 0.15) is 37.6 Å². The first-order valence-electron chi connectivity index (χ1n) is 8.38. The molecule has 0 unspecified atom stereocenters. The van der Waals surface area contributed by atoms with Gasteiger partial charge in [-0.05, 0) is 50.6 Å². The van der Waals surface area contributed by atoms with E-state index in [2.05, 4.69) is 0 Å². The number of likely N-dealkylation sites (tertiary alicyclic amines) is 1. The van der Waals surface area contributed by atoms with Gasteiger partial charge in [-0.1, -0.05) is 36.2 Å². The zero-order chi connectivity index (χ0) is 18.6. The number of carbonyl (C=O) groups is 1. The normalized spacial score (nSPS) is 18.1. The second-order valence-electron chi connectivity index (χ2n) is 6.36. The fraction of sp³-hybridized carbons (Fsp3) is 0.350. The van der Waals surface area contributed by atoms with Crippen molar-refractivity contribution in [3.05, 3.63) is 64.2 Å². The van der Waals surface area contributed by atoms with Gasteiger partial charge in [0.15, 0.2) is 0 Å². The van der Waals surface area contributed by atoms with Crippen molar-refractivity contribution in [1.29, 1.82) is 0 Å². The van der Waals surface area contributed by atoms with Crippen molar-refractivity contribution in [2.24, 2.45) is 0 Å². The van der Waals surface area contributed by atoms with Crippen molar-refractivity contribution >= 4 is 23.2 Å². The number of nitrogens with zero attached hydrogens (tertiary/aromatic N) is 1. The van der Waals surface area contributed by atoms with Gasteiger partial charge in [-0.25, -0.2) is 0 Å². The summed E-state index contributed by atoms with van der Waals surface area (Å²) in [7, 11) is 0. The summed E-state index contributed by atoms with van der Waals surface area (Å²) in [5.74, 6) is -0.119. The average Bonchev–Trinajstić information content (AvgIpc) is 2.57. The van der Waals surface area contributed by atoms with E-state index in [1.807, 2.05) is 32.9 Å². The molecule has 1 aliphatic rings. The maximum absolute atomic E-state index is 12.5. The lowest BCUT2D eigenvalue weighted by Gasteiger charge is -2.48. The lowest BCUT2D eigenvalue weighted by atomic mass is 9.81. The van der Waals surface area contributed by atoms with E-state index in [4.69, 9.17) is 17.3 Å². The summed E-state index contributed by atoms with van der Waals surface area (Å²) in [6.07, 6.45) is 6.27. The second kappa shape index (κ2) is 7.89. The summed E-state index contributed by atoms with van der Waals surface area (Å²) < 4.78 is 0. The van der Waals surface area contributed by atoms with E-state index in [1.165, 1.54) is 0 Å². The standard InChI is InChI=1S/C20H25ClN2O2/c1-4-6-7-17(21)18(14(3)5-2)20(25)12-23(13-20)19(24)15-8-10-16(22)11-9-15/h4,6-11,25H,5,12-13,22H2,1-3H3/b6-4-,17-7+,18-14?. The molecule has 4 nitrogen and oxygen atoms in total. The van der Waals surface area contributed by atoms with Crippen LogP contribution in [0.15, 0.2) is 58.7 Å². The number of aliphatic hydroxyl groups is 1. The maximum atomic E-state index is 12.5. The number of benzene rings is 1. The van der Waals surface area contributed by atoms with Crippen LogP contribution in [0.2, 0.25) is 0 Å². The quantitative estimate of drug-likeness (QED) is 0.618. The molecule has 0 spiro atoms. The minimum atomic E-state index is -1.11. The number of allylic oxidation sites excluding steroid dienone is 4. The van der Waals surface area contributed by atoms with Crippen LogP contribution in [0.3, 0.4) is 0 Å². The van der Waals surface area contributed by atoms with E-state index in [9.17, 15) is 9.90 Å². The molecule has 3 N–H and O–H groups in total. The van der Waals surface area contributed by atoms with Crippen LogP contribution in [-0.2, 0) is 0 Å². The van der Waals surface area contributed by atoms with Crippen LogP contribution < -0.4 is 5.73 Å². The zero-order valence-electron chi connectivity index (χ0n) is 14.9. The fourth-order valence-corrected chi connectivity index (χ4v) is 3.37. The Morgan fingerprint density at radius 1 is 1.36 bits per heavy atom. The molecular weight excluding hydrogens is 336 g/mol. The molecule has 0 atom stereocenters. The third kappa shape index (κ3) is 4.14. The molecule has 2 rings (SSSR count).